The Hall–Kier alpha value is -0.860. The summed E-state index contributed by atoms with van der Waals surface area (Å²) in [7, 11) is 2.30. The standard InChI is InChI=1S/C19H30N2/c1-21(17-10-4-5-11-17)15-14-20-19-13-7-3-9-16-8-2-6-12-18(16)19/h2,6,8,12,17,19-20H,3-5,7,9-11,13-15H2,1H3. The molecular weight excluding hydrogens is 256 g/mol. The predicted octanol–water partition coefficient (Wildman–Crippen LogP) is 3.92. The highest BCUT2D eigenvalue weighted by Gasteiger charge is 2.20. The van der Waals surface area contributed by atoms with E-state index in [0.717, 1.165) is 12.6 Å². The maximum absolute atomic E-state index is 3.83. The zero-order valence-corrected chi connectivity index (χ0v) is 13.5. The first-order valence-corrected chi connectivity index (χ1v) is 8.86. The minimum Gasteiger partial charge on any atom is -0.309 e. The number of nitrogens with one attached hydrogen (secondary N) is 1. The minimum atomic E-state index is 0.570. The number of rotatable bonds is 5. The van der Waals surface area contributed by atoms with E-state index >= 15 is 0 Å². The van der Waals surface area contributed by atoms with Gasteiger partial charge in [-0.2, -0.15) is 0 Å². The Morgan fingerprint density at radius 1 is 1.05 bits per heavy atom. The lowest BCUT2D eigenvalue weighted by Gasteiger charge is -2.26. The number of hydrogen-bond acceptors (Lipinski definition) is 2. The van der Waals surface area contributed by atoms with Crippen LogP contribution in [0.15, 0.2) is 24.3 Å². The molecule has 1 fully saturated rings. The fourth-order valence-electron chi connectivity index (χ4n) is 4.08. The lowest BCUT2D eigenvalue weighted by Crippen LogP contribution is -2.36. The monoisotopic (exact) mass is 286 g/mol. The van der Waals surface area contributed by atoms with E-state index in [4.69, 9.17) is 0 Å². The number of benzene rings is 1. The van der Waals surface area contributed by atoms with Crippen molar-refractivity contribution in [3.8, 4) is 0 Å². The molecule has 0 saturated heterocycles. The van der Waals surface area contributed by atoms with E-state index in [1.165, 1.54) is 57.9 Å². The molecule has 3 rings (SSSR count). The second-order valence-electron chi connectivity index (χ2n) is 6.87. The number of hydrogen-bond donors (Lipinski definition) is 1. The summed E-state index contributed by atoms with van der Waals surface area (Å²) in [5.41, 5.74) is 3.12. The second-order valence-corrected chi connectivity index (χ2v) is 6.87. The molecule has 0 radical (unpaired) electrons. The molecule has 0 amide bonds. The van der Waals surface area contributed by atoms with E-state index in [-0.39, 0.29) is 0 Å². The Balaban J connectivity index is 1.52. The molecule has 1 unspecified atom stereocenters. The molecule has 1 saturated carbocycles. The Kier molecular flexibility index (Phi) is 5.32. The Labute approximate surface area is 129 Å². The zero-order chi connectivity index (χ0) is 14.5. The average Bonchev–Trinajstić information content (AvgIpc) is 2.97. The quantitative estimate of drug-likeness (QED) is 0.825. The van der Waals surface area contributed by atoms with Gasteiger partial charge in [0.2, 0.25) is 0 Å². The summed E-state index contributed by atoms with van der Waals surface area (Å²) in [6, 6.07) is 10.5. The van der Waals surface area contributed by atoms with E-state index in [1.807, 2.05) is 0 Å². The SMILES string of the molecule is CN(CCNC1CCCCc2ccccc21)C1CCCC1. The molecule has 0 aliphatic heterocycles. The van der Waals surface area contributed by atoms with Gasteiger partial charge in [0.25, 0.3) is 0 Å². The summed E-state index contributed by atoms with van der Waals surface area (Å²) in [5.74, 6) is 0. The van der Waals surface area contributed by atoms with Gasteiger partial charge < -0.3 is 10.2 Å². The molecular formula is C19H30N2. The third kappa shape index (κ3) is 3.87. The molecule has 116 valence electrons. The van der Waals surface area contributed by atoms with Crippen LogP contribution in [0.4, 0.5) is 0 Å². The van der Waals surface area contributed by atoms with Gasteiger partial charge in [0.05, 0.1) is 0 Å². The lowest BCUT2D eigenvalue weighted by molar-refractivity contribution is 0.241. The van der Waals surface area contributed by atoms with Gasteiger partial charge in [-0.05, 0) is 50.3 Å². The van der Waals surface area contributed by atoms with Crippen LogP contribution >= 0.6 is 0 Å². The highest BCUT2D eigenvalue weighted by atomic mass is 15.1. The van der Waals surface area contributed by atoms with Gasteiger partial charge in [-0.3, -0.25) is 0 Å². The number of nitrogens with zero attached hydrogens (tertiary/aromatic N) is 1. The summed E-state index contributed by atoms with van der Waals surface area (Å²) in [6.07, 6.45) is 10.9. The van der Waals surface area contributed by atoms with Crippen molar-refractivity contribution in [2.75, 3.05) is 20.1 Å². The van der Waals surface area contributed by atoms with E-state index in [0.29, 0.717) is 6.04 Å². The van der Waals surface area contributed by atoms with Crippen LogP contribution in [-0.4, -0.2) is 31.1 Å². The van der Waals surface area contributed by atoms with Crippen LogP contribution in [-0.2, 0) is 6.42 Å². The van der Waals surface area contributed by atoms with Crippen LogP contribution in [0.5, 0.6) is 0 Å². The third-order valence-electron chi connectivity index (χ3n) is 5.42. The summed E-state index contributed by atoms with van der Waals surface area (Å²) < 4.78 is 0. The number of aryl methyl sites for hydroxylation is 1. The lowest BCUT2D eigenvalue weighted by atomic mass is 9.99. The molecule has 2 heteroatoms. The first-order chi connectivity index (χ1) is 10.3. The Morgan fingerprint density at radius 2 is 1.81 bits per heavy atom. The molecule has 0 heterocycles. The molecule has 2 aliphatic carbocycles. The van der Waals surface area contributed by atoms with Crippen molar-refractivity contribution in [2.24, 2.45) is 0 Å². The van der Waals surface area contributed by atoms with E-state index < -0.39 is 0 Å². The number of fused-ring (bicyclic) bond motifs is 1. The molecule has 0 aromatic heterocycles. The van der Waals surface area contributed by atoms with Crippen LogP contribution < -0.4 is 5.32 Å². The van der Waals surface area contributed by atoms with Crippen LogP contribution in [0, 0.1) is 0 Å². The largest absolute Gasteiger partial charge is 0.309 e. The first kappa shape index (κ1) is 15.1. The molecule has 2 nitrogen and oxygen atoms in total. The van der Waals surface area contributed by atoms with Gasteiger partial charge in [0.15, 0.2) is 0 Å². The molecule has 2 aliphatic rings. The normalized spacial score (nSPS) is 23.2. The Morgan fingerprint density at radius 3 is 2.67 bits per heavy atom. The molecule has 1 N–H and O–H groups in total. The van der Waals surface area contributed by atoms with Gasteiger partial charge in [-0.25, -0.2) is 0 Å². The first-order valence-electron chi connectivity index (χ1n) is 8.86. The highest BCUT2D eigenvalue weighted by molar-refractivity contribution is 5.31. The Bertz CT molecular complexity index is 437. The minimum absolute atomic E-state index is 0.570. The number of likely N-dealkylation sites (N-methyl/N-ethyl adjacent to an activating group) is 1. The van der Waals surface area contributed by atoms with Crippen molar-refractivity contribution in [1.82, 2.24) is 10.2 Å². The predicted molar refractivity (Wildman–Crippen MR) is 89.6 cm³/mol. The van der Waals surface area contributed by atoms with Gasteiger partial charge in [0, 0.05) is 25.2 Å². The zero-order valence-electron chi connectivity index (χ0n) is 13.5. The van der Waals surface area contributed by atoms with E-state index in [2.05, 4.69) is 41.5 Å². The van der Waals surface area contributed by atoms with Crippen LogP contribution in [0.3, 0.4) is 0 Å². The van der Waals surface area contributed by atoms with Gasteiger partial charge >= 0.3 is 0 Å². The molecule has 1 aromatic carbocycles. The molecule has 0 bridgehead atoms. The van der Waals surface area contributed by atoms with Gasteiger partial charge in [0.1, 0.15) is 0 Å². The molecule has 0 spiro atoms. The maximum atomic E-state index is 3.83. The van der Waals surface area contributed by atoms with Crippen LogP contribution in [0.2, 0.25) is 0 Å². The van der Waals surface area contributed by atoms with Crippen molar-refractivity contribution in [3.63, 3.8) is 0 Å². The summed E-state index contributed by atoms with van der Waals surface area (Å²) in [5, 5.41) is 3.83. The van der Waals surface area contributed by atoms with Crippen LogP contribution in [0.1, 0.15) is 62.1 Å². The van der Waals surface area contributed by atoms with Crippen molar-refractivity contribution in [2.45, 2.75) is 63.5 Å². The van der Waals surface area contributed by atoms with Gasteiger partial charge in [-0.15, -0.1) is 0 Å². The molecule has 21 heavy (non-hydrogen) atoms. The molecule has 1 atom stereocenters. The third-order valence-corrected chi connectivity index (χ3v) is 5.42. The smallest absolute Gasteiger partial charge is 0.0323 e. The summed E-state index contributed by atoms with van der Waals surface area (Å²) in [6.45, 7) is 2.30. The van der Waals surface area contributed by atoms with Crippen LogP contribution in [0.25, 0.3) is 0 Å². The maximum Gasteiger partial charge on any atom is 0.0323 e. The van der Waals surface area contributed by atoms with Crippen molar-refractivity contribution >= 4 is 0 Å². The van der Waals surface area contributed by atoms with E-state index in [9.17, 15) is 0 Å². The summed E-state index contributed by atoms with van der Waals surface area (Å²) in [4.78, 5) is 2.57. The van der Waals surface area contributed by atoms with Crippen molar-refractivity contribution in [1.29, 1.82) is 0 Å². The fourth-order valence-corrected chi connectivity index (χ4v) is 4.08. The van der Waals surface area contributed by atoms with Crippen molar-refractivity contribution < 1.29 is 0 Å². The second kappa shape index (κ2) is 7.42. The molecule has 1 aromatic rings. The van der Waals surface area contributed by atoms with Crippen molar-refractivity contribution in [3.05, 3.63) is 35.4 Å². The van der Waals surface area contributed by atoms with E-state index in [1.54, 1.807) is 11.1 Å². The highest BCUT2D eigenvalue weighted by Crippen LogP contribution is 2.28. The topological polar surface area (TPSA) is 15.3 Å². The average molecular weight is 286 g/mol. The summed E-state index contributed by atoms with van der Waals surface area (Å²) >= 11 is 0. The van der Waals surface area contributed by atoms with Gasteiger partial charge in [-0.1, -0.05) is 43.5 Å². The fraction of sp³-hybridized carbons (Fsp3) is 0.684.